The largest absolute Gasteiger partial charge is 0.501 e. The van der Waals surface area contributed by atoms with E-state index in [9.17, 15) is 34.8 Å². The van der Waals surface area contributed by atoms with Gasteiger partial charge in [-0.3, -0.25) is 9.69 Å². The highest BCUT2D eigenvalue weighted by Gasteiger charge is 2.48. The maximum absolute atomic E-state index is 14.0. The molecular weight excluding hydrogens is 853 g/mol. The third kappa shape index (κ3) is 11.6. The first-order valence-corrected chi connectivity index (χ1v) is 23.9. The van der Waals surface area contributed by atoms with Crippen LogP contribution in [0.3, 0.4) is 0 Å². The Hall–Kier alpha value is -4.12. The van der Waals surface area contributed by atoms with E-state index in [4.69, 9.17) is 11.6 Å². The predicted molar refractivity (Wildman–Crippen MR) is 234 cm³/mol. The number of carbonyl (C=O) groups is 1. The smallest absolute Gasteiger partial charge is 0.380 e. The van der Waals surface area contributed by atoms with Crippen LogP contribution in [0.15, 0.2) is 123 Å². The number of anilines is 1. The van der Waals surface area contributed by atoms with Crippen molar-refractivity contribution in [2.75, 3.05) is 51.3 Å². The Bertz CT molecular complexity index is 2430. The van der Waals surface area contributed by atoms with Crippen molar-refractivity contribution in [3.05, 3.63) is 130 Å². The van der Waals surface area contributed by atoms with Crippen LogP contribution in [0, 0.1) is 0 Å². The number of sulfonamides is 1. The van der Waals surface area contributed by atoms with E-state index in [1.165, 1.54) is 47.0 Å². The number of halogens is 4. The van der Waals surface area contributed by atoms with Crippen LogP contribution in [0.4, 0.5) is 18.9 Å². The van der Waals surface area contributed by atoms with Gasteiger partial charge in [0.15, 0.2) is 0 Å². The van der Waals surface area contributed by atoms with Gasteiger partial charge in [-0.05, 0) is 136 Å². The van der Waals surface area contributed by atoms with Crippen molar-refractivity contribution in [3.8, 4) is 0 Å². The summed E-state index contributed by atoms with van der Waals surface area (Å²) in [7, 11) is -7.18. The quantitative estimate of drug-likeness (QED) is 0.106. The molecule has 16 heteroatoms. The molecule has 4 aromatic carbocycles. The molecule has 0 saturated heterocycles. The molecule has 1 atom stereocenters. The molecule has 1 aliphatic heterocycles. The maximum atomic E-state index is 14.0. The van der Waals surface area contributed by atoms with Crippen LogP contribution in [-0.2, 0) is 19.9 Å². The van der Waals surface area contributed by atoms with Gasteiger partial charge in [0.2, 0.25) is 0 Å². The van der Waals surface area contributed by atoms with Gasteiger partial charge >= 0.3 is 5.51 Å². The van der Waals surface area contributed by atoms with Gasteiger partial charge < -0.3 is 10.2 Å². The van der Waals surface area contributed by atoms with E-state index in [1.807, 2.05) is 66.2 Å². The molecule has 1 heterocycles. The molecule has 2 aliphatic rings. The molecule has 0 radical (unpaired) electrons. The minimum absolute atomic E-state index is 0.000369. The first kappa shape index (κ1) is 45.4. The van der Waals surface area contributed by atoms with Crippen LogP contribution in [0.2, 0.25) is 5.02 Å². The normalized spacial score (nSPS) is 16.1. The van der Waals surface area contributed by atoms with E-state index in [2.05, 4.69) is 28.4 Å². The van der Waals surface area contributed by atoms with Gasteiger partial charge in [0.05, 0.1) is 10.6 Å². The second-order valence-corrected chi connectivity index (χ2v) is 20.3. The van der Waals surface area contributed by atoms with Crippen LogP contribution in [-0.4, -0.2) is 90.1 Å². The van der Waals surface area contributed by atoms with Gasteiger partial charge in [-0.1, -0.05) is 65.7 Å². The summed E-state index contributed by atoms with van der Waals surface area (Å²) >= 11 is 7.57. The summed E-state index contributed by atoms with van der Waals surface area (Å²) in [6.45, 7) is 3.00. The van der Waals surface area contributed by atoms with Crippen molar-refractivity contribution in [2.24, 2.45) is 0 Å². The van der Waals surface area contributed by atoms with Crippen LogP contribution in [0.1, 0.15) is 60.0 Å². The molecule has 2 N–H and O–H groups in total. The lowest BCUT2D eigenvalue weighted by molar-refractivity contribution is -0.0435. The highest BCUT2D eigenvalue weighted by molar-refractivity contribution is 7.99. The molecule has 1 amide bonds. The fourth-order valence-corrected chi connectivity index (χ4v) is 10.4. The lowest BCUT2D eigenvalue weighted by Crippen LogP contribution is -2.32. The number of hydrogen-bond donors (Lipinski definition) is 2. The van der Waals surface area contributed by atoms with Gasteiger partial charge in [0.1, 0.15) is 4.90 Å². The number of sulfone groups is 1. The molecule has 9 nitrogen and oxygen atoms in total. The molecule has 1 aliphatic carbocycles. The number of benzene rings is 4. The van der Waals surface area contributed by atoms with E-state index in [0.29, 0.717) is 29.8 Å². The first-order chi connectivity index (χ1) is 28.5. The number of amides is 1. The monoisotopic (exact) mass is 900 g/mol. The van der Waals surface area contributed by atoms with E-state index >= 15 is 0 Å². The van der Waals surface area contributed by atoms with Crippen molar-refractivity contribution in [2.45, 2.75) is 64.8 Å². The standard InChI is InChI=1S/C44H48ClF3N4O5S3/c1-51(2)25-24-37(30-58-38-9-4-3-5-10-38)49-41-21-20-39(28-42(41)59(54,55)44(46,47)48)60(56,57)50-43(53)34-14-12-31(13-15-34)32-22-26-52(27-23-32)29-35-8-6-7-11-40(35)33-16-18-36(45)19-17-33/h3-5,9-10,12-22,28,37,49H,6-8,11,23-27,29-30H2,1-2H3,(H,50,53)/t37-/m1/s1. The minimum atomic E-state index is -6.03. The number of allylic oxidation sites excluding steroid dienone is 1. The average molecular weight is 902 g/mol. The van der Waals surface area contributed by atoms with Crippen molar-refractivity contribution in [3.63, 3.8) is 0 Å². The fraction of sp³-hybridized carbons (Fsp3) is 0.341. The number of thioether (sulfide) groups is 1. The number of alkyl halides is 3. The fourth-order valence-electron chi connectivity index (χ4n) is 7.29. The highest BCUT2D eigenvalue weighted by atomic mass is 35.5. The van der Waals surface area contributed by atoms with E-state index < -0.39 is 52.8 Å². The number of carbonyl (C=O) groups excluding carboxylic acids is 1. The molecule has 0 bridgehead atoms. The molecule has 60 heavy (non-hydrogen) atoms. The zero-order valence-corrected chi connectivity index (χ0v) is 36.5. The molecular formula is C44H48ClF3N4O5S3. The Morgan fingerprint density at radius 3 is 2.22 bits per heavy atom. The summed E-state index contributed by atoms with van der Waals surface area (Å²) in [6, 6.07) is 25.7. The van der Waals surface area contributed by atoms with Gasteiger partial charge in [0.25, 0.3) is 25.8 Å². The number of nitrogens with zero attached hydrogens (tertiary/aromatic N) is 2. The Morgan fingerprint density at radius 1 is 0.883 bits per heavy atom. The number of nitrogens with one attached hydrogen (secondary N) is 2. The summed E-state index contributed by atoms with van der Waals surface area (Å²) < 4.78 is 96.7. The Labute approximate surface area is 360 Å². The van der Waals surface area contributed by atoms with Gasteiger partial charge in [-0.2, -0.15) is 13.2 Å². The average Bonchev–Trinajstić information content (AvgIpc) is 3.22. The SMILES string of the molecule is CN(C)CC[C@H](CSc1ccccc1)Nc1ccc(S(=O)(=O)NC(=O)c2ccc(C3=CCN(CC4=C(c5ccc(Cl)cc5)CCCC4)CC3)cc2)cc1S(=O)(=O)C(F)(F)F. The summed E-state index contributed by atoms with van der Waals surface area (Å²) in [5.41, 5.74) is -0.0829. The Balaban J connectivity index is 1.14. The van der Waals surface area contributed by atoms with Crippen molar-refractivity contribution < 1.29 is 34.8 Å². The molecule has 0 saturated carbocycles. The third-order valence-electron chi connectivity index (χ3n) is 10.6. The van der Waals surface area contributed by atoms with Gasteiger partial charge in [0, 0.05) is 46.9 Å². The zero-order valence-electron chi connectivity index (χ0n) is 33.3. The molecule has 6 rings (SSSR count). The summed E-state index contributed by atoms with van der Waals surface area (Å²) in [5, 5.41) is 3.65. The molecule has 0 spiro atoms. The van der Waals surface area contributed by atoms with Crippen LogP contribution >= 0.6 is 23.4 Å². The lowest BCUT2D eigenvalue weighted by atomic mass is 9.87. The Morgan fingerprint density at radius 2 is 1.57 bits per heavy atom. The summed E-state index contributed by atoms with van der Waals surface area (Å²) in [6.07, 6.45) is 7.82. The second-order valence-electron chi connectivity index (χ2n) is 15.2. The molecule has 0 aromatic heterocycles. The van der Waals surface area contributed by atoms with Crippen LogP contribution in [0.5, 0.6) is 0 Å². The topological polar surface area (TPSA) is 116 Å². The maximum Gasteiger partial charge on any atom is 0.501 e. The van der Waals surface area contributed by atoms with E-state index in [0.717, 1.165) is 73.5 Å². The summed E-state index contributed by atoms with van der Waals surface area (Å²) in [4.78, 5) is 16.4. The molecule has 4 aromatic rings. The molecule has 320 valence electrons. The lowest BCUT2D eigenvalue weighted by Gasteiger charge is -2.30. The second kappa shape index (κ2) is 19.7. The minimum Gasteiger partial charge on any atom is -0.380 e. The van der Waals surface area contributed by atoms with Gasteiger partial charge in [-0.25, -0.2) is 21.6 Å². The van der Waals surface area contributed by atoms with Crippen molar-refractivity contribution in [1.82, 2.24) is 14.5 Å². The van der Waals surface area contributed by atoms with Crippen molar-refractivity contribution >= 4 is 66.0 Å². The highest BCUT2D eigenvalue weighted by Crippen LogP contribution is 2.37. The molecule has 0 unspecified atom stereocenters. The Kier molecular flexibility index (Phi) is 14.9. The van der Waals surface area contributed by atoms with E-state index in [-0.39, 0.29) is 5.56 Å². The number of hydrogen-bond acceptors (Lipinski definition) is 9. The van der Waals surface area contributed by atoms with Crippen LogP contribution in [0.25, 0.3) is 11.1 Å². The number of rotatable bonds is 16. The van der Waals surface area contributed by atoms with Crippen molar-refractivity contribution in [1.29, 1.82) is 0 Å². The third-order valence-corrected chi connectivity index (χ3v) is 14.8. The van der Waals surface area contributed by atoms with E-state index in [1.54, 1.807) is 12.1 Å². The zero-order chi connectivity index (χ0) is 43.1. The predicted octanol–water partition coefficient (Wildman–Crippen LogP) is 9.39. The van der Waals surface area contributed by atoms with Crippen LogP contribution < -0.4 is 10.0 Å². The molecule has 0 fully saturated rings. The first-order valence-electron chi connectivity index (χ1n) is 19.6. The van der Waals surface area contributed by atoms with Gasteiger partial charge in [-0.15, -0.1) is 11.8 Å². The summed E-state index contributed by atoms with van der Waals surface area (Å²) in [5.74, 6) is -0.648.